The Morgan fingerprint density at radius 2 is 2.08 bits per heavy atom. The summed E-state index contributed by atoms with van der Waals surface area (Å²) < 4.78 is 38.9. The fraction of sp³-hybridized carbons (Fsp3) is 0.222. The van der Waals surface area contributed by atoms with Gasteiger partial charge in [0.15, 0.2) is 11.5 Å². The minimum absolute atomic E-state index is 0.0323. The SMILES string of the molecule is [2H]C1([2H])Oc2ccc(C(=O)O)cc2OC1([2H])[2H]. The van der Waals surface area contributed by atoms with E-state index < -0.39 is 19.1 Å². The molecule has 0 aliphatic carbocycles. The van der Waals surface area contributed by atoms with Crippen molar-refractivity contribution in [3.05, 3.63) is 23.8 Å². The molecule has 0 bridgehead atoms. The van der Waals surface area contributed by atoms with E-state index in [-0.39, 0.29) is 17.1 Å². The van der Waals surface area contributed by atoms with Gasteiger partial charge in [0.05, 0.1) is 11.0 Å². The maximum atomic E-state index is 10.7. The lowest BCUT2D eigenvalue weighted by atomic mass is 10.2. The Labute approximate surface area is 80.3 Å². The molecule has 4 nitrogen and oxygen atoms in total. The number of rotatable bonds is 1. The van der Waals surface area contributed by atoms with E-state index in [1.54, 1.807) is 0 Å². The number of carboxylic acids is 1. The highest BCUT2D eigenvalue weighted by Crippen LogP contribution is 2.30. The zero-order valence-corrected chi connectivity index (χ0v) is 6.40. The van der Waals surface area contributed by atoms with Crippen LogP contribution in [0.15, 0.2) is 18.2 Å². The van der Waals surface area contributed by atoms with Crippen LogP contribution in [0.5, 0.6) is 11.5 Å². The Bertz CT molecular complexity index is 486. The fourth-order valence-electron chi connectivity index (χ4n) is 0.957. The summed E-state index contributed by atoms with van der Waals surface area (Å²) in [6, 6.07) is 3.54. The van der Waals surface area contributed by atoms with Crippen molar-refractivity contribution in [1.29, 1.82) is 0 Å². The normalized spacial score (nSPS) is 26.2. The Hall–Kier alpha value is -1.71. The second kappa shape index (κ2) is 2.97. The van der Waals surface area contributed by atoms with Crippen LogP contribution in [0.3, 0.4) is 0 Å². The number of carboxylic acid groups (broad SMARTS) is 1. The predicted molar refractivity (Wildman–Crippen MR) is 44.4 cm³/mol. The number of hydrogen-bond donors (Lipinski definition) is 1. The zero-order valence-electron chi connectivity index (χ0n) is 10.4. The molecule has 1 aromatic rings. The van der Waals surface area contributed by atoms with Crippen LogP contribution in [0.1, 0.15) is 15.8 Å². The molecule has 1 aliphatic heterocycles. The largest absolute Gasteiger partial charge is 0.486 e. The van der Waals surface area contributed by atoms with Crippen LogP contribution in [-0.2, 0) is 0 Å². The predicted octanol–water partition coefficient (Wildman–Crippen LogP) is 1.16. The zero-order chi connectivity index (χ0) is 12.8. The van der Waals surface area contributed by atoms with E-state index in [1.165, 1.54) is 12.1 Å². The third-order valence-corrected chi connectivity index (χ3v) is 1.55. The maximum absolute atomic E-state index is 10.7. The molecule has 0 saturated carbocycles. The molecule has 2 rings (SSSR count). The van der Waals surface area contributed by atoms with Crippen LogP contribution in [0, 0.1) is 0 Å². The standard InChI is InChI=1S/C9H8O4/c10-9(11)6-1-2-7-8(5-6)13-4-3-12-7/h1-2,5H,3-4H2,(H,10,11)/i3D2,4D2. The fourth-order valence-corrected chi connectivity index (χ4v) is 0.957. The molecule has 1 N–H and O–H groups in total. The van der Waals surface area contributed by atoms with Crippen LogP contribution in [0.4, 0.5) is 0 Å². The maximum Gasteiger partial charge on any atom is 0.335 e. The van der Waals surface area contributed by atoms with Crippen LogP contribution in [0.25, 0.3) is 0 Å². The van der Waals surface area contributed by atoms with E-state index in [1.807, 2.05) is 0 Å². The minimum atomic E-state index is -2.68. The molecule has 0 fully saturated rings. The number of fused-ring (bicyclic) bond motifs is 1. The average Bonchev–Trinajstić information content (AvgIpc) is 2.17. The number of benzene rings is 1. The number of aromatic carboxylic acids is 1. The summed E-state index contributed by atoms with van der Waals surface area (Å²) in [5, 5.41) is 8.75. The summed E-state index contributed by atoms with van der Waals surface area (Å²) in [7, 11) is 0. The molecule has 1 aliphatic rings. The van der Waals surface area contributed by atoms with Crippen molar-refractivity contribution in [2.75, 3.05) is 13.1 Å². The van der Waals surface area contributed by atoms with Gasteiger partial charge in [-0.3, -0.25) is 0 Å². The number of hydrogen-bond acceptors (Lipinski definition) is 3. The molecule has 13 heavy (non-hydrogen) atoms. The summed E-state index contributed by atoms with van der Waals surface area (Å²) in [6.45, 7) is -5.32. The average molecular weight is 184 g/mol. The van der Waals surface area contributed by atoms with Gasteiger partial charge in [-0.15, -0.1) is 0 Å². The summed E-state index contributed by atoms with van der Waals surface area (Å²) in [5.74, 6) is -1.36. The second-order valence-electron chi connectivity index (χ2n) is 2.37. The highest BCUT2D eigenvalue weighted by Gasteiger charge is 2.13. The van der Waals surface area contributed by atoms with Gasteiger partial charge in [0.25, 0.3) is 0 Å². The summed E-state index contributed by atoms with van der Waals surface area (Å²) in [5.41, 5.74) is -0.0920. The van der Waals surface area contributed by atoms with Crippen LogP contribution < -0.4 is 9.47 Å². The van der Waals surface area contributed by atoms with Gasteiger partial charge in [-0.25, -0.2) is 4.79 Å². The van der Waals surface area contributed by atoms with Crippen molar-refractivity contribution in [3.63, 3.8) is 0 Å². The van der Waals surface area contributed by atoms with E-state index in [4.69, 9.17) is 20.1 Å². The van der Waals surface area contributed by atoms with E-state index >= 15 is 0 Å². The van der Waals surface area contributed by atoms with Gasteiger partial charge in [0.1, 0.15) is 13.1 Å². The quantitative estimate of drug-likeness (QED) is 0.711. The van der Waals surface area contributed by atoms with Gasteiger partial charge in [-0.2, -0.15) is 0 Å². The summed E-state index contributed by atoms with van der Waals surface area (Å²) in [6.07, 6.45) is 0. The monoisotopic (exact) mass is 184 g/mol. The van der Waals surface area contributed by atoms with Crippen LogP contribution in [-0.4, -0.2) is 24.2 Å². The first-order chi connectivity index (χ1) is 7.73. The number of carbonyl (C=O) groups is 1. The third kappa shape index (κ3) is 1.42. The first kappa shape index (κ1) is 4.50. The molecule has 0 amide bonds. The molecule has 0 unspecified atom stereocenters. The molecule has 68 valence electrons. The Morgan fingerprint density at radius 1 is 1.38 bits per heavy atom. The first-order valence-electron chi connectivity index (χ1n) is 5.48. The van der Waals surface area contributed by atoms with E-state index in [9.17, 15) is 4.79 Å². The summed E-state index contributed by atoms with van der Waals surface area (Å²) in [4.78, 5) is 10.7. The van der Waals surface area contributed by atoms with Crippen molar-refractivity contribution in [1.82, 2.24) is 0 Å². The summed E-state index contributed by atoms with van der Waals surface area (Å²) >= 11 is 0. The molecule has 1 heterocycles. The van der Waals surface area contributed by atoms with Gasteiger partial charge < -0.3 is 14.6 Å². The smallest absolute Gasteiger partial charge is 0.335 e. The molecule has 0 atom stereocenters. The third-order valence-electron chi connectivity index (χ3n) is 1.55. The topological polar surface area (TPSA) is 55.8 Å². The highest BCUT2D eigenvalue weighted by atomic mass is 16.6. The molecule has 0 aromatic heterocycles. The lowest BCUT2D eigenvalue weighted by molar-refractivity contribution is 0.0695. The van der Waals surface area contributed by atoms with Crippen molar-refractivity contribution >= 4 is 5.97 Å². The van der Waals surface area contributed by atoms with Gasteiger partial charge in [0, 0.05) is 0 Å². The van der Waals surface area contributed by atoms with Crippen LogP contribution in [0.2, 0.25) is 0 Å². The number of ether oxygens (including phenoxy) is 2. The molecule has 4 heteroatoms. The second-order valence-corrected chi connectivity index (χ2v) is 2.37. The Morgan fingerprint density at radius 3 is 2.77 bits per heavy atom. The molecule has 0 radical (unpaired) electrons. The first-order valence-corrected chi connectivity index (χ1v) is 3.48. The van der Waals surface area contributed by atoms with E-state index in [0.29, 0.717) is 0 Å². The van der Waals surface area contributed by atoms with E-state index in [0.717, 1.165) is 6.07 Å². The van der Waals surface area contributed by atoms with Crippen molar-refractivity contribution in [3.8, 4) is 11.5 Å². The Balaban J connectivity index is 2.47. The molecular formula is C9H8O4. The Kier molecular flexibility index (Phi) is 1.03. The molecule has 0 saturated heterocycles. The minimum Gasteiger partial charge on any atom is -0.486 e. The van der Waals surface area contributed by atoms with Crippen molar-refractivity contribution < 1.29 is 24.9 Å². The van der Waals surface area contributed by atoms with Gasteiger partial charge >= 0.3 is 5.97 Å². The molecular weight excluding hydrogens is 172 g/mol. The lowest BCUT2D eigenvalue weighted by Gasteiger charge is -2.18. The highest BCUT2D eigenvalue weighted by molar-refractivity contribution is 5.88. The van der Waals surface area contributed by atoms with Crippen LogP contribution >= 0.6 is 0 Å². The molecule has 1 aromatic carbocycles. The molecule has 0 spiro atoms. The van der Waals surface area contributed by atoms with Crippen molar-refractivity contribution in [2.24, 2.45) is 0 Å². The van der Waals surface area contributed by atoms with Crippen molar-refractivity contribution in [2.45, 2.75) is 0 Å². The van der Waals surface area contributed by atoms with E-state index in [2.05, 4.69) is 0 Å². The van der Waals surface area contributed by atoms with Gasteiger partial charge in [-0.05, 0) is 18.2 Å². The van der Waals surface area contributed by atoms with Gasteiger partial charge in [0.2, 0.25) is 0 Å². The lowest BCUT2D eigenvalue weighted by Crippen LogP contribution is -2.15. The van der Waals surface area contributed by atoms with Gasteiger partial charge in [-0.1, -0.05) is 0 Å².